The number of nitrogens with zero attached hydrogens (tertiary/aromatic N) is 2. The first-order valence-corrected chi connectivity index (χ1v) is 10.1. The number of nitrogens with one attached hydrogen (secondary N) is 2. The first-order valence-electron chi connectivity index (χ1n) is 10.1. The van der Waals surface area contributed by atoms with Crippen molar-refractivity contribution < 1.29 is 4.74 Å². The number of aryl methyl sites for hydroxylation is 1. The molecule has 1 aromatic carbocycles. The third-order valence-corrected chi connectivity index (χ3v) is 4.99. The fourth-order valence-corrected chi connectivity index (χ4v) is 3.27. The van der Waals surface area contributed by atoms with Crippen LogP contribution in [-0.2, 0) is 17.6 Å². The highest BCUT2D eigenvalue weighted by molar-refractivity contribution is 5.80. The van der Waals surface area contributed by atoms with E-state index in [1.807, 2.05) is 0 Å². The molecule has 1 saturated heterocycles. The molecule has 0 amide bonds. The molecule has 0 radical (unpaired) electrons. The normalized spacial score (nSPS) is 16.7. The minimum atomic E-state index is 0.510. The van der Waals surface area contributed by atoms with Crippen molar-refractivity contribution in [2.75, 3.05) is 46.4 Å². The molecule has 5 nitrogen and oxygen atoms in total. The molecule has 0 bridgehead atoms. The molecule has 2 N–H and O–H groups in total. The quantitative estimate of drug-likeness (QED) is 0.525. The largest absolute Gasteiger partial charge is 0.383 e. The van der Waals surface area contributed by atoms with Gasteiger partial charge in [0.25, 0.3) is 0 Å². The van der Waals surface area contributed by atoms with Crippen LogP contribution in [0.2, 0.25) is 0 Å². The molecule has 1 aromatic rings. The molecule has 0 aliphatic carbocycles. The maximum absolute atomic E-state index is 5.18. The lowest BCUT2D eigenvalue weighted by atomic mass is 10.1. The summed E-state index contributed by atoms with van der Waals surface area (Å²) < 4.78 is 5.18. The third kappa shape index (κ3) is 7.34. The number of hydrogen-bond acceptors (Lipinski definition) is 3. The van der Waals surface area contributed by atoms with Crippen molar-refractivity contribution in [2.45, 2.75) is 45.6 Å². The highest BCUT2D eigenvalue weighted by atomic mass is 16.5. The van der Waals surface area contributed by atoms with Crippen molar-refractivity contribution in [3.05, 3.63) is 35.4 Å². The zero-order valence-corrected chi connectivity index (χ0v) is 16.8. The number of rotatable bonds is 9. The number of aliphatic imine (C=N–C) groups is 1. The van der Waals surface area contributed by atoms with E-state index < -0.39 is 0 Å². The van der Waals surface area contributed by atoms with Gasteiger partial charge in [0.15, 0.2) is 5.96 Å². The van der Waals surface area contributed by atoms with Crippen LogP contribution >= 0.6 is 0 Å². The smallest absolute Gasteiger partial charge is 0.191 e. The summed E-state index contributed by atoms with van der Waals surface area (Å²) in [4.78, 5) is 7.25. The van der Waals surface area contributed by atoms with E-state index in [0.717, 1.165) is 71.0 Å². The number of guanidine groups is 1. The standard InChI is InChI=1S/C21H36N4O/c1-4-18-6-8-19(9-7-18)10-13-23-21(22-5-2)24-20-11-14-25(15-12-20)16-17-26-3/h6-9,20H,4-5,10-17H2,1-3H3,(H2,22,23,24). The summed E-state index contributed by atoms with van der Waals surface area (Å²) in [7, 11) is 1.77. The molecule has 2 rings (SSSR count). The summed E-state index contributed by atoms with van der Waals surface area (Å²) in [5.41, 5.74) is 2.75. The molecular weight excluding hydrogens is 324 g/mol. The van der Waals surface area contributed by atoms with Gasteiger partial charge >= 0.3 is 0 Å². The molecule has 0 aromatic heterocycles. The Bertz CT molecular complexity index is 521. The number of piperidine rings is 1. The van der Waals surface area contributed by atoms with E-state index in [-0.39, 0.29) is 0 Å². The average Bonchev–Trinajstić information content (AvgIpc) is 2.68. The van der Waals surface area contributed by atoms with Gasteiger partial charge in [-0.3, -0.25) is 4.99 Å². The minimum Gasteiger partial charge on any atom is -0.383 e. The molecule has 1 heterocycles. The fraction of sp³-hybridized carbons (Fsp3) is 0.667. The molecule has 0 spiro atoms. The van der Waals surface area contributed by atoms with Crippen LogP contribution < -0.4 is 10.6 Å². The molecule has 26 heavy (non-hydrogen) atoms. The number of methoxy groups -OCH3 is 1. The molecule has 1 aliphatic heterocycles. The van der Waals surface area contributed by atoms with Crippen molar-refractivity contribution in [3.63, 3.8) is 0 Å². The lowest BCUT2D eigenvalue weighted by Gasteiger charge is -2.32. The number of hydrogen-bond donors (Lipinski definition) is 2. The Morgan fingerprint density at radius 3 is 2.46 bits per heavy atom. The highest BCUT2D eigenvalue weighted by Gasteiger charge is 2.19. The maximum atomic E-state index is 5.18. The first-order chi connectivity index (χ1) is 12.7. The van der Waals surface area contributed by atoms with Crippen LogP contribution in [0.5, 0.6) is 0 Å². The van der Waals surface area contributed by atoms with E-state index in [1.54, 1.807) is 7.11 Å². The van der Waals surface area contributed by atoms with Gasteiger partial charge < -0.3 is 20.3 Å². The SMILES string of the molecule is CCNC(=NCCc1ccc(CC)cc1)NC1CCN(CCOC)CC1. The van der Waals surface area contributed by atoms with Crippen LogP contribution in [0, 0.1) is 0 Å². The molecule has 0 saturated carbocycles. The van der Waals surface area contributed by atoms with E-state index in [9.17, 15) is 0 Å². The number of benzene rings is 1. The summed E-state index contributed by atoms with van der Waals surface area (Å²) in [6.07, 6.45) is 4.40. The summed E-state index contributed by atoms with van der Waals surface area (Å²) >= 11 is 0. The van der Waals surface area contributed by atoms with Gasteiger partial charge in [-0.1, -0.05) is 31.2 Å². The molecule has 0 unspecified atom stereocenters. The van der Waals surface area contributed by atoms with E-state index in [0.29, 0.717) is 6.04 Å². The van der Waals surface area contributed by atoms with Gasteiger partial charge in [-0.15, -0.1) is 0 Å². The van der Waals surface area contributed by atoms with Crippen LogP contribution in [0.4, 0.5) is 0 Å². The second-order valence-corrected chi connectivity index (χ2v) is 6.93. The van der Waals surface area contributed by atoms with Gasteiger partial charge in [0.05, 0.1) is 6.61 Å². The van der Waals surface area contributed by atoms with Gasteiger partial charge in [-0.05, 0) is 43.7 Å². The molecule has 1 fully saturated rings. The predicted molar refractivity (Wildman–Crippen MR) is 110 cm³/mol. The third-order valence-electron chi connectivity index (χ3n) is 4.99. The Morgan fingerprint density at radius 1 is 1.15 bits per heavy atom. The van der Waals surface area contributed by atoms with Gasteiger partial charge in [0, 0.05) is 45.9 Å². The molecule has 0 atom stereocenters. The Kier molecular flexibility index (Phi) is 9.50. The minimum absolute atomic E-state index is 0.510. The van der Waals surface area contributed by atoms with Crippen molar-refractivity contribution in [1.82, 2.24) is 15.5 Å². The van der Waals surface area contributed by atoms with E-state index in [1.165, 1.54) is 11.1 Å². The van der Waals surface area contributed by atoms with Crippen LogP contribution in [0.1, 0.15) is 37.8 Å². The molecular formula is C21H36N4O. The van der Waals surface area contributed by atoms with Crippen molar-refractivity contribution in [2.24, 2.45) is 4.99 Å². The van der Waals surface area contributed by atoms with Crippen LogP contribution in [-0.4, -0.2) is 63.3 Å². The zero-order valence-electron chi connectivity index (χ0n) is 16.8. The Morgan fingerprint density at radius 2 is 1.85 bits per heavy atom. The first kappa shape index (κ1) is 20.7. The van der Waals surface area contributed by atoms with Gasteiger partial charge in [0.2, 0.25) is 0 Å². The second kappa shape index (κ2) is 11.9. The maximum Gasteiger partial charge on any atom is 0.191 e. The Labute approximate surface area is 159 Å². The van der Waals surface area contributed by atoms with Crippen molar-refractivity contribution >= 4 is 5.96 Å². The highest BCUT2D eigenvalue weighted by Crippen LogP contribution is 2.10. The number of ether oxygens (including phenoxy) is 1. The van der Waals surface area contributed by atoms with E-state index >= 15 is 0 Å². The van der Waals surface area contributed by atoms with E-state index in [2.05, 4.69) is 53.6 Å². The van der Waals surface area contributed by atoms with Crippen molar-refractivity contribution in [3.8, 4) is 0 Å². The molecule has 1 aliphatic rings. The molecule has 146 valence electrons. The van der Waals surface area contributed by atoms with Gasteiger partial charge in [-0.2, -0.15) is 0 Å². The number of likely N-dealkylation sites (tertiary alicyclic amines) is 1. The van der Waals surface area contributed by atoms with Gasteiger partial charge in [0.1, 0.15) is 0 Å². The predicted octanol–water partition coefficient (Wildman–Crippen LogP) is 2.46. The lowest BCUT2D eigenvalue weighted by molar-refractivity contribution is 0.128. The van der Waals surface area contributed by atoms with Gasteiger partial charge in [-0.25, -0.2) is 0 Å². The van der Waals surface area contributed by atoms with Crippen LogP contribution in [0.3, 0.4) is 0 Å². The monoisotopic (exact) mass is 360 g/mol. The van der Waals surface area contributed by atoms with E-state index in [4.69, 9.17) is 9.73 Å². The summed E-state index contributed by atoms with van der Waals surface area (Å²) in [5.74, 6) is 0.952. The summed E-state index contributed by atoms with van der Waals surface area (Å²) in [6.45, 7) is 10.1. The Hall–Kier alpha value is -1.59. The van der Waals surface area contributed by atoms with Crippen LogP contribution in [0.25, 0.3) is 0 Å². The van der Waals surface area contributed by atoms with Crippen molar-refractivity contribution in [1.29, 1.82) is 0 Å². The Balaban J connectivity index is 1.77. The molecule has 5 heteroatoms. The zero-order chi connectivity index (χ0) is 18.6. The summed E-state index contributed by atoms with van der Waals surface area (Å²) in [5, 5.41) is 7.00. The topological polar surface area (TPSA) is 48.9 Å². The summed E-state index contributed by atoms with van der Waals surface area (Å²) in [6, 6.07) is 9.41. The average molecular weight is 361 g/mol. The lowest BCUT2D eigenvalue weighted by Crippen LogP contribution is -2.49. The second-order valence-electron chi connectivity index (χ2n) is 6.93. The van der Waals surface area contributed by atoms with Crippen LogP contribution in [0.15, 0.2) is 29.3 Å². The fourth-order valence-electron chi connectivity index (χ4n) is 3.27.